The molecule has 22 heavy (non-hydrogen) atoms. The van der Waals surface area contributed by atoms with Crippen LogP contribution in [0.15, 0.2) is 66.7 Å². The summed E-state index contributed by atoms with van der Waals surface area (Å²) in [7, 11) is 0. The molecule has 0 radical (unpaired) electrons. The molecule has 0 aliphatic heterocycles. The second-order valence-corrected chi connectivity index (χ2v) is 5.03. The number of benzene rings is 2. The van der Waals surface area contributed by atoms with Gasteiger partial charge in [0.05, 0.1) is 0 Å². The maximum Gasteiger partial charge on any atom is 0.256 e. The van der Waals surface area contributed by atoms with Crippen molar-refractivity contribution in [2.45, 2.75) is 0 Å². The van der Waals surface area contributed by atoms with Crippen molar-refractivity contribution in [2.24, 2.45) is 0 Å². The lowest BCUT2D eigenvalue weighted by molar-refractivity contribution is 0.102. The van der Waals surface area contributed by atoms with Gasteiger partial charge in [0.25, 0.3) is 5.91 Å². The summed E-state index contributed by atoms with van der Waals surface area (Å²) in [5, 5.41) is 10.4. The van der Waals surface area contributed by atoms with Gasteiger partial charge in [-0.3, -0.25) is 4.79 Å². The van der Waals surface area contributed by atoms with Crippen LogP contribution in [-0.4, -0.2) is 16.1 Å². The summed E-state index contributed by atoms with van der Waals surface area (Å²) >= 11 is 5.65. The van der Waals surface area contributed by atoms with E-state index >= 15 is 0 Å². The van der Waals surface area contributed by atoms with E-state index < -0.39 is 0 Å². The first-order valence-corrected chi connectivity index (χ1v) is 7.06. The Morgan fingerprint density at radius 3 is 2.14 bits per heavy atom. The van der Waals surface area contributed by atoms with Gasteiger partial charge < -0.3 is 5.32 Å². The SMILES string of the molecule is O=C(Nc1ccc(Cl)nn1)c1ccc(-c2ccccc2)cc1. The summed E-state index contributed by atoms with van der Waals surface area (Å²) in [6.07, 6.45) is 0. The van der Waals surface area contributed by atoms with E-state index in [0.29, 0.717) is 11.4 Å². The molecular weight excluding hydrogens is 298 g/mol. The zero-order valence-corrected chi connectivity index (χ0v) is 12.3. The van der Waals surface area contributed by atoms with Crippen LogP contribution in [0.25, 0.3) is 11.1 Å². The van der Waals surface area contributed by atoms with Crippen molar-refractivity contribution in [1.82, 2.24) is 10.2 Å². The summed E-state index contributed by atoms with van der Waals surface area (Å²) in [6.45, 7) is 0. The van der Waals surface area contributed by atoms with Crippen LogP contribution in [0.5, 0.6) is 0 Å². The Morgan fingerprint density at radius 1 is 0.818 bits per heavy atom. The number of carbonyl (C=O) groups excluding carboxylic acids is 1. The van der Waals surface area contributed by atoms with Crippen LogP contribution in [0.4, 0.5) is 5.82 Å². The van der Waals surface area contributed by atoms with E-state index in [-0.39, 0.29) is 11.1 Å². The molecule has 1 N–H and O–H groups in total. The predicted molar refractivity (Wildman–Crippen MR) is 86.9 cm³/mol. The number of halogens is 1. The molecular formula is C17H12ClN3O. The van der Waals surface area contributed by atoms with Gasteiger partial charge in [-0.1, -0.05) is 54.1 Å². The van der Waals surface area contributed by atoms with Gasteiger partial charge in [-0.25, -0.2) is 0 Å². The van der Waals surface area contributed by atoms with Crippen molar-refractivity contribution < 1.29 is 4.79 Å². The third kappa shape index (κ3) is 3.30. The third-order valence-electron chi connectivity index (χ3n) is 3.13. The van der Waals surface area contributed by atoms with E-state index in [0.717, 1.165) is 11.1 Å². The number of nitrogens with zero attached hydrogens (tertiary/aromatic N) is 2. The Labute approximate surface area is 132 Å². The number of hydrogen-bond donors (Lipinski definition) is 1. The molecule has 3 rings (SSSR count). The van der Waals surface area contributed by atoms with Crippen LogP contribution in [0.3, 0.4) is 0 Å². The fourth-order valence-corrected chi connectivity index (χ4v) is 2.12. The highest BCUT2D eigenvalue weighted by atomic mass is 35.5. The second kappa shape index (κ2) is 6.37. The number of rotatable bonds is 3. The van der Waals surface area contributed by atoms with Crippen LogP contribution in [-0.2, 0) is 0 Å². The number of carbonyl (C=O) groups is 1. The van der Waals surface area contributed by atoms with Gasteiger partial charge in [0.1, 0.15) is 0 Å². The number of aromatic nitrogens is 2. The van der Waals surface area contributed by atoms with Crippen molar-refractivity contribution in [1.29, 1.82) is 0 Å². The molecule has 2 aromatic carbocycles. The van der Waals surface area contributed by atoms with Crippen molar-refractivity contribution in [2.75, 3.05) is 5.32 Å². The average Bonchev–Trinajstić information content (AvgIpc) is 2.58. The van der Waals surface area contributed by atoms with Gasteiger partial charge in [-0.05, 0) is 35.4 Å². The van der Waals surface area contributed by atoms with Crippen LogP contribution >= 0.6 is 11.6 Å². The molecule has 0 fully saturated rings. The standard InChI is InChI=1S/C17H12ClN3O/c18-15-10-11-16(21-20-15)19-17(22)14-8-6-13(7-9-14)12-4-2-1-3-5-12/h1-11H,(H,19,21,22). The molecule has 1 aromatic heterocycles. The van der Waals surface area contributed by atoms with E-state index in [4.69, 9.17) is 11.6 Å². The Morgan fingerprint density at radius 2 is 1.50 bits per heavy atom. The van der Waals surface area contributed by atoms with E-state index in [9.17, 15) is 4.79 Å². The molecule has 0 unspecified atom stereocenters. The Hall–Kier alpha value is -2.72. The smallest absolute Gasteiger partial charge is 0.256 e. The molecule has 5 heteroatoms. The normalized spacial score (nSPS) is 10.2. The fourth-order valence-electron chi connectivity index (χ4n) is 2.02. The van der Waals surface area contributed by atoms with Crippen molar-refractivity contribution >= 4 is 23.3 Å². The van der Waals surface area contributed by atoms with Gasteiger partial charge in [0, 0.05) is 5.56 Å². The summed E-state index contributed by atoms with van der Waals surface area (Å²) in [5.74, 6) is 0.123. The fraction of sp³-hybridized carbons (Fsp3) is 0. The maximum atomic E-state index is 12.1. The minimum absolute atomic E-state index is 0.240. The van der Waals surface area contributed by atoms with Crippen molar-refractivity contribution in [3.63, 3.8) is 0 Å². The minimum Gasteiger partial charge on any atom is -0.305 e. The molecule has 1 heterocycles. The molecule has 4 nitrogen and oxygen atoms in total. The molecule has 108 valence electrons. The molecule has 3 aromatic rings. The highest BCUT2D eigenvalue weighted by molar-refractivity contribution is 6.29. The Balaban J connectivity index is 1.75. The minimum atomic E-state index is -0.240. The van der Waals surface area contributed by atoms with Crippen molar-refractivity contribution in [3.8, 4) is 11.1 Å². The van der Waals surface area contributed by atoms with E-state index in [1.165, 1.54) is 0 Å². The molecule has 1 amide bonds. The van der Waals surface area contributed by atoms with Gasteiger partial charge >= 0.3 is 0 Å². The van der Waals surface area contributed by atoms with E-state index in [1.54, 1.807) is 24.3 Å². The Bertz CT molecular complexity index is 771. The summed E-state index contributed by atoms with van der Waals surface area (Å²) in [5.41, 5.74) is 2.72. The number of amides is 1. The maximum absolute atomic E-state index is 12.1. The zero-order chi connectivity index (χ0) is 15.4. The predicted octanol–water partition coefficient (Wildman–Crippen LogP) is 4.05. The van der Waals surface area contributed by atoms with Crippen LogP contribution in [0.1, 0.15) is 10.4 Å². The monoisotopic (exact) mass is 309 g/mol. The topological polar surface area (TPSA) is 54.9 Å². The van der Waals surface area contributed by atoms with Gasteiger partial charge in [0.15, 0.2) is 11.0 Å². The molecule has 0 saturated heterocycles. The molecule has 0 atom stereocenters. The number of anilines is 1. The van der Waals surface area contributed by atoms with E-state index in [2.05, 4.69) is 15.5 Å². The van der Waals surface area contributed by atoms with Crippen molar-refractivity contribution in [3.05, 3.63) is 77.4 Å². The first-order valence-electron chi connectivity index (χ1n) is 6.68. The molecule has 0 aliphatic rings. The Kier molecular flexibility index (Phi) is 4.12. The second-order valence-electron chi connectivity index (χ2n) is 4.64. The zero-order valence-electron chi connectivity index (χ0n) is 11.5. The molecule has 0 aliphatic carbocycles. The molecule has 0 bridgehead atoms. The highest BCUT2D eigenvalue weighted by Crippen LogP contribution is 2.19. The molecule has 0 saturated carbocycles. The lowest BCUT2D eigenvalue weighted by atomic mass is 10.0. The summed E-state index contributed by atoms with van der Waals surface area (Å²) in [6, 6.07) is 20.5. The van der Waals surface area contributed by atoms with Gasteiger partial charge in [0.2, 0.25) is 0 Å². The molecule has 0 spiro atoms. The highest BCUT2D eigenvalue weighted by Gasteiger charge is 2.07. The van der Waals surface area contributed by atoms with Gasteiger partial charge in [-0.2, -0.15) is 0 Å². The van der Waals surface area contributed by atoms with E-state index in [1.807, 2.05) is 42.5 Å². The van der Waals surface area contributed by atoms with Gasteiger partial charge in [-0.15, -0.1) is 10.2 Å². The first-order chi connectivity index (χ1) is 10.7. The van der Waals surface area contributed by atoms with Crippen LogP contribution in [0.2, 0.25) is 5.15 Å². The lowest BCUT2D eigenvalue weighted by Gasteiger charge is -2.05. The average molecular weight is 310 g/mol. The summed E-state index contributed by atoms with van der Waals surface area (Å²) < 4.78 is 0. The third-order valence-corrected chi connectivity index (χ3v) is 3.33. The van der Waals surface area contributed by atoms with Crippen LogP contribution in [0, 0.1) is 0 Å². The largest absolute Gasteiger partial charge is 0.305 e. The first kappa shape index (κ1) is 14.2. The van der Waals surface area contributed by atoms with Crippen LogP contribution < -0.4 is 5.32 Å². The lowest BCUT2D eigenvalue weighted by Crippen LogP contribution is -2.13. The quantitative estimate of drug-likeness (QED) is 0.794. The number of hydrogen-bond acceptors (Lipinski definition) is 3. The summed E-state index contributed by atoms with van der Waals surface area (Å²) in [4.78, 5) is 12.1. The number of nitrogens with one attached hydrogen (secondary N) is 1.